The van der Waals surface area contributed by atoms with Crippen LogP contribution in [0.25, 0.3) is 0 Å². The lowest BCUT2D eigenvalue weighted by molar-refractivity contribution is -0.123. The molecule has 2 nitrogen and oxygen atoms in total. The number of carbonyl (C=O) groups excluding carboxylic acids is 1. The van der Waals surface area contributed by atoms with E-state index in [1.807, 2.05) is 24.3 Å². The molecule has 0 aliphatic heterocycles. The van der Waals surface area contributed by atoms with E-state index in [1.165, 1.54) is 0 Å². The number of carbonyl (C=O) groups is 1. The molecule has 1 aromatic rings. The van der Waals surface area contributed by atoms with Crippen molar-refractivity contribution in [1.29, 1.82) is 0 Å². The normalized spacial score (nSPS) is 17.6. The Labute approximate surface area is 88.3 Å². The number of nitrogens with one attached hydrogen (secondary N) is 1. The molecule has 0 radical (unpaired) electrons. The molecule has 0 spiro atoms. The van der Waals surface area contributed by atoms with Gasteiger partial charge in [0, 0.05) is 12.1 Å². The zero-order chi connectivity index (χ0) is 10.2. The summed E-state index contributed by atoms with van der Waals surface area (Å²) >= 11 is 5.80. The Bertz CT molecular complexity index is 354. The van der Waals surface area contributed by atoms with Crippen molar-refractivity contribution in [3.63, 3.8) is 0 Å². The Morgan fingerprint density at radius 2 is 1.93 bits per heavy atom. The summed E-state index contributed by atoms with van der Waals surface area (Å²) in [5, 5.41) is 3.42. The van der Waals surface area contributed by atoms with Crippen molar-refractivity contribution in [2.24, 2.45) is 0 Å². The molecular formula is C11H12ClNO. The molecule has 0 heterocycles. The molecule has 0 unspecified atom stereocenters. The zero-order valence-electron chi connectivity index (χ0n) is 8.01. The second kappa shape index (κ2) is 3.28. The molecule has 1 aromatic carbocycles. The summed E-state index contributed by atoms with van der Waals surface area (Å²) in [5.41, 5.74) is 0.806. The molecule has 74 valence electrons. The van der Waals surface area contributed by atoms with Crippen LogP contribution in [-0.2, 0) is 10.2 Å². The van der Waals surface area contributed by atoms with Crippen molar-refractivity contribution in [3.05, 3.63) is 34.9 Å². The van der Waals surface area contributed by atoms with Crippen LogP contribution in [0.2, 0.25) is 5.02 Å². The minimum Gasteiger partial charge on any atom is -0.358 e. The Kier molecular flexibility index (Phi) is 2.23. The smallest absolute Gasteiger partial charge is 0.230 e. The van der Waals surface area contributed by atoms with Gasteiger partial charge in [-0.15, -0.1) is 0 Å². The summed E-state index contributed by atoms with van der Waals surface area (Å²) in [6.07, 6.45) is 1.88. The second-order valence-electron chi connectivity index (χ2n) is 3.67. The zero-order valence-corrected chi connectivity index (χ0v) is 8.77. The Morgan fingerprint density at radius 1 is 1.36 bits per heavy atom. The Balaban J connectivity index is 2.31. The maximum Gasteiger partial charge on any atom is 0.230 e. The molecule has 1 fully saturated rings. The summed E-state index contributed by atoms with van der Waals surface area (Å²) in [6.45, 7) is 0. The highest BCUT2D eigenvalue weighted by atomic mass is 35.5. The lowest BCUT2D eigenvalue weighted by Crippen LogP contribution is -2.31. The average molecular weight is 210 g/mol. The quantitative estimate of drug-likeness (QED) is 0.795. The molecule has 14 heavy (non-hydrogen) atoms. The highest BCUT2D eigenvalue weighted by Gasteiger charge is 2.50. The predicted molar refractivity (Wildman–Crippen MR) is 56.4 cm³/mol. The van der Waals surface area contributed by atoms with Gasteiger partial charge < -0.3 is 5.32 Å². The lowest BCUT2D eigenvalue weighted by Gasteiger charge is -2.13. The standard InChI is InChI=1S/C11H12ClNO/c1-13-10(14)11(6-7-11)8-2-4-9(12)5-3-8/h2-5H,6-7H2,1H3,(H,13,14). The van der Waals surface area contributed by atoms with Gasteiger partial charge in [0.1, 0.15) is 0 Å². The molecule has 1 aliphatic carbocycles. The van der Waals surface area contributed by atoms with Gasteiger partial charge in [0.15, 0.2) is 0 Å². The van der Waals surface area contributed by atoms with Crippen molar-refractivity contribution in [2.75, 3.05) is 7.05 Å². The van der Waals surface area contributed by atoms with Crippen LogP contribution in [0.4, 0.5) is 0 Å². The van der Waals surface area contributed by atoms with Crippen LogP contribution in [0.5, 0.6) is 0 Å². The Morgan fingerprint density at radius 3 is 2.36 bits per heavy atom. The third kappa shape index (κ3) is 1.40. The van der Waals surface area contributed by atoms with Crippen LogP contribution >= 0.6 is 11.6 Å². The van der Waals surface area contributed by atoms with Gasteiger partial charge in [-0.05, 0) is 30.5 Å². The molecule has 0 saturated heterocycles. The number of hydrogen-bond acceptors (Lipinski definition) is 1. The van der Waals surface area contributed by atoms with Crippen LogP contribution in [0.15, 0.2) is 24.3 Å². The minimum atomic E-state index is -0.265. The minimum absolute atomic E-state index is 0.111. The number of amides is 1. The number of benzene rings is 1. The van der Waals surface area contributed by atoms with Gasteiger partial charge in [0.05, 0.1) is 5.41 Å². The molecule has 0 atom stereocenters. The maximum atomic E-state index is 11.6. The van der Waals surface area contributed by atoms with E-state index in [0.717, 1.165) is 18.4 Å². The fourth-order valence-electron chi connectivity index (χ4n) is 1.78. The summed E-state index contributed by atoms with van der Waals surface area (Å²) in [4.78, 5) is 11.6. The molecule has 1 amide bonds. The number of rotatable bonds is 2. The van der Waals surface area contributed by atoms with Crippen molar-refractivity contribution >= 4 is 17.5 Å². The van der Waals surface area contributed by atoms with Gasteiger partial charge in [-0.25, -0.2) is 0 Å². The topological polar surface area (TPSA) is 29.1 Å². The largest absolute Gasteiger partial charge is 0.358 e. The molecule has 0 aromatic heterocycles. The predicted octanol–water partition coefficient (Wildman–Crippen LogP) is 2.12. The van der Waals surface area contributed by atoms with Gasteiger partial charge in [-0.1, -0.05) is 23.7 Å². The molecule has 2 rings (SSSR count). The fourth-order valence-corrected chi connectivity index (χ4v) is 1.91. The lowest BCUT2D eigenvalue weighted by atomic mass is 9.95. The monoisotopic (exact) mass is 209 g/mol. The molecule has 3 heteroatoms. The SMILES string of the molecule is CNC(=O)C1(c2ccc(Cl)cc2)CC1. The van der Waals surface area contributed by atoms with Crippen LogP contribution in [0.3, 0.4) is 0 Å². The van der Waals surface area contributed by atoms with E-state index in [0.29, 0.717) is 5.02 Å². The first-order valence-electron chi connectivity index (χ1n) is 4.67. The maximum absolute atomic E-state index is 11.6. The first kappa shape index (κ1) is 9.53. The van der Waals surface area contributed by atoms with E-state index in [4.69, 9.17) is 11.6 Å². The van der Waals surface area contributed by atoms with Gasteiger partial charge in [-0.2, -0.15) is 0 Å². The van der Waals surface area contributed by atoms with E-state index in [-0.39, 0.29) is 11.3 Å². The second-order valence-corrected chi connectivity index (χ2v) is 4.10. The summed E-state index contributed by atoms with van der Waals surface area (Å²) in [5.74, 6) is 0.111. The van der Waals surface area contributed by atoms with Gasteiger partial charge >= 0.3 is 0 Å². The van der Waals surface area contributed by atoms with Crippen molar-refractivity contribution in [1.82, 2.24) is 5.32 Å². The number of halogens is 1. The van der Waals surface area contributed by atoms with Crippen molar-refractivity contribution < 1.29 is 4.79 Å². The summed E-state index contributed by atoms with van der Waals surface area (Å²) in [6, 6.07) is 7.54. The van der Waals surface area contributed by atoms with Gasteiger partial charge in [0.25, 0.3) is 0 Å². The van der Waals surface area contributed by atoms with Crippen LogP contribution in [0.1, 0.15) is 18.4 Å². The van der Waals surface area contributed by atoms with Crippen LogP contribution in [0, 0.1) is 0 Å². The van der Waals surface area contributed by atoms with Gasteiger partial charge in [-0.3, -0.25) is 4.79 Å². The van der Waals surface area contributed by atoms with Crippen molar-refractivity contribution in [3.8, 4) is 0 Å². The number of likely N-dealkylation sites (N-methyl/N-ethyl adjacent to an activating group) is 1. The fraction of sp³-hybridized carbons (Fsp3) is 0.364. The molecule has 0 bridgehead atoms. The number of hydrogen-bond donors (Lipinski definition) is 1. The van der Waals surface area contributed by atoms with Crippen LogP contribution in [-0.4, -0.2) is 13.0 Å². The Hall–Kier alpha value is -1.02. The highest BCUT2D eigenvalue weighted by Crippen LogP contribution is 2.48. The first-order chi connectivity index (χ1) is 6.69. The van der Waals surface area contributed by atoms with Crippen molar-refractivity contribution in [2.45, 2.75) is 18.3 Å². The highest BCUT2D eigenvalue weighted by molar-refractivity contribution is 6.30. The average Bonchev–Trinajstić information content (AvgIpc) is 2.99. The van der Waals surface area contributed by atoms with E-state index in [2.05, 4.69) is 5.32 Å². The van der Waals surface area contributed by atoms with E-state index in [9.17, 15) is 4.79 Å². The van der Waals surface area contributed by atoms with Gasteiger partial charge in [0.2, 0.25) is 5.91 Å². The molecule has 1 saturated carbocycles. The van der Waals surface area contributed by atoms with E-state index >= 15 is 0 Å². The third-order valence-corrected chi connectivity index (χ3v) is 3.06. The van der Waals surface area contributed by atoms with E-state index < -0.39 is 0 Å². The summed E-state index contributed by atoms with van der Waals surface area (Å²) < 4.78 is 0. The molecule has 1 aliphatic rings. The third-order valence-electron chi connectivity index (χ3n) is 2.81. The first-order valence-corrected chi connectivity index (χ1v) is 5.05. The molecule has 1 N–H and O–H groups in total. The van der Waals surface area contributed by atoms with E-state index in [1.54, 1.807) is 7.05 Å². The molecular weight excluding hydrogens is 198 g/mol. The van der Waals surface area contributed by atoms with Crippen LogP contribution < -0.4 is 5.32 Å². The summed E-state index contributed by atoms with van der Waals surface area (Å²) in [7, 11) is 1.68.